The van der Waals surface area contributed by atoms with Crippen molar-refractivity contribution in [3.05, 3.63) is 45.3 Å². The smallest absolute Gasteiger partial charge is 0.341 e. The lowest BCUT2D eigenvalue weighted by Gasteiger charge is -2.09. The number of carbonyl (C=O) groups excluding carboxylic acids is 1. The number of nitrogens with zero attached hydrogens (tertiary/aromatic N) is 1. The van der Waals surface area contributed by atoms with Crippen LogP contribution in [0, 0.1) is 5.41 Å². The van der Waals surface area contributed by atoms with Crippen LogP contribution in [-0.2, 0) is 9.59 Å². The molecule has 0 radical (unpaired) electrons. The van der Waals surface area contributed by atoms with Crippen molar-refractivity contribution in [2.24, 2.45) is 0 Å². The van der Waals surface area contributed by atoms with E-state index in [-0.39, 0.29) is 10.8 Å². The lowest BCUT2D eigenvalue weighted by atomic mass is 10.0. The molecule has 134 valence electrons. The minimum Gasteiger partial charge on any atom is -0.493 e. The first kappa shape index (κ1) is 18.2. The van der Waals surface area contributed by atoms with Gasteiger partial charge in [-0.25, -0.2) is 9.78 Å². The van der Waals surface area contributed by atoms with Gasteiger partial charge in [0.05, 0.1) is 17.1 Å². The Kier molecular flexibility index (Phi) is 5.38. The SMILES string of the molecule is COc1cc(/C=C2\SC(=N)[C@H](c3nccs3)C2=O)ccc1OCC(=O)O. The third-order valence-electron chi connectivity index (χ3n) is 3.52. The number of Topliss-reactive ketones (excluding diaryl/α,β-unsaturated/α-hetero) is 1. The molecule has 9 heteroatoms. The molecule has 0 spiro atoms. The summed E-state index contributed by atoms with van der Waals surface area (Å²) >= 11 is 2.47. The number of hydrogen-bond acceptors (Lipinski definition) is 8. The predicted octanol–water partition coefficient (Wildman–Crippen LogP) is 3.03. The van der Waals surface area contributed by atoms with Crippen molar-refractivity contribution in [2.45, 2.75) is 5.92 Å². The van der Waals surface area contributed by atoms with Crippen LogP contribution in [0.1, 0.15) is 16.5 Å². The van der Waals surface area contributed by atoms with Crippen LogP contribution in [0.2, 0.25) is 0 Å². The van der Waals surface area contributed by atoms with Gasteiger partial charge in [0, 0.05) is 11.6 Å². The second kappa shape index (κ2) is 7.71. The van der Waals surface area contributed by atoms with Gasteiger partial charge in [-0.05, 0) is 23.8 Å². The summed E-state index contributed by atoms with van der Waals surface area (Å²) in [5.74, 6) is -1.21. The molecule has 0 saturated carbocycles. The van der Waals surface area contributed by atoms with Crippen LogP contribution in [0.4, 0.5) is 0 Å². The van der Waals surface area contributed by atoms with E-state index in [2.05, 4.69) is 4.98 Å². The zero-order valence-electron chi connectivity index (χ0n) is 13.6. The molecule has 26 heavy (non-hydrogen) atoms. The number of carbonyl (C=O) groups is 2. The fourth-order valence-corrected chi connectivity index (χ4v) is 4.18. The Morgan fingerprint density at radius 2 is 2.23 bits per heavy atom. The molecule has 2 heterocycles. The zero-order chi connectivity index (χ0) is 18.7. The number of thioether (sulfide) groups is 1. The monoisotopic (exact) mass is 390 g/mol. The molecule has 1 atom stereocenters. The van der Waals surface area contributed by atoms with E-state index in [9.17, 15) is 9.59 Å². The Balaban J connectivity index is 1.84. The van der Waals surface area contributed by atoms with Crippen LogP contribution in [0.15, 0.2) is 34.7 Å². The molecule has 1 aliphatic rings. The summed E-state index contributed by atoms with van der Waals surface area (Å²) in [4.78, 5) is 27.9. The average Bonchev–Trinajstić information content (AvgIpc) is 3.22. The Bertz CT molecular complexity index is 893. The molecule has 1 aromatic heterocycles. The number of carboxylic acid groups (broad SMARTS) is 1. The van der Waals surface area contributed by atoms with Gasteiger partial charge >= 0.3 is 5.97 Å². The molecular weight excluding hydrogens is 376 g/mol. The first-order valence-corrected chi connectivity index (χ1v) is 9.13. The first-order chi connectivity index (χ1) is 12.5. The number of ketones is 1. The highest BCUT2D eigenvalue weighted by atomic mass is 32.2. The molecule has 2 N–H and O–H groups in total. The minimum atomic E-state index is -1.09. The van der Waals surface area contributed by atoms with E-state index in [0.29, 0.717) is 27.0 Å². The van der Waals surface area contributed by atoms with Crippen LogP contribution in [0.25, 0.3) is 6.08 Å². The maximum atomic E-state index is 12.6. The summed E-state index contributed by atoms with van der Waals surface area (Å²) in [7, 11) is 1.45. The van der Waals surface area contributed by atoms with Crippen LogP contribution in [0.5, 0.6) is 11.5 Å². The van der Waals surface area contributed by atoms with E-state index in [4.69, 9.17) is 20.0 Å². The van der Waals surface area contributed by atoms with Crippen molar-refractivity contribution >= 4 is 46.0 Å². The number of nitrogens with one attached hydrogen (secondary N) is 1. The second-order valence-corrected chi connectivity index (χ2v) is 7.25. The summed E-state index contributed by atoms with van der Waals surface area (Å²) < 4.78 is 10.4. The highest BCUT2D eigenvalue weighted by molar-refractivity contribution is 8.19. The molecule has 1 aromatic carbocycles. The van der Waals surface area contributed by atoms with Gasteiger partial charge in [0.25, 0.3) is 0 Å². The Labute approximate surface area is 157 Å². The number of aromatic nitrogens is 1. The van der Waals surface area contributed by atoms with Crippen LogP contribution >= 0.6 is 23.1 Å². The van der Waals surface area contributed by atoms with Crippen molar-refractivity contribution in [3.63, 3.8) is 0 Å². The van der Waals surface area contributed by atoms with Gasteiger partial charge in [-0.2, -0.15) is 0 Å². The fraction of sp³-hybridized carbons (Fsp3) is 0.176. The number of aliphatic carboxylic acids is 1. The van der Waals surface area contributed by atoms with E-state index in [0.717, 1.165) is 11.8 Å². The van der Waals surface area contributed by atoms with E-state index < -0.39 is 18.5 Å². The van der Waals surface area contributed by atoms with Gasteiger partial charge in [0.2, 0.25) is 0 Å². The molecule has 0 bridgehead atoms. The minimum absolute atomic E-state index is 0.153. The lowest BCUT2D eigenvalue weighted by Crippen LogP contribution is -2.11. The fourth-order valence-electron chi connectivity index (χ4n) is 2.37. The molecule has 0 unspecified atom stereocenters. The van der Waals surface area contributed by atoms with Crippen molar-refractivity contribution in [2.75, 3.05) is 13.7 Å². The largest absolute Gasteiger partial charge is 0.493 e. The number of thiazole rings is 1. The van der Waals surface area contributed by atoms with Crippen molar-refractivity contribution < 1.29 is 24.2 Å². The van der Waals surface area contributed by atoms with E-state index in [1.807, 2.05) is 0 Å². The summed E-state index contributed by atoms with van der Waals surface area (Å²) in [6.45, 7) is -0.474. The number of rotatable bonds is 6. The summed E-state index contributed by atoms with van der Waals surface area (Å²) in [5, 5.41) is 19.4. The standard InChI is InChI=1S/C17H14N2O5S2/c1-23-11-6-9(2-3-10(11)24-8-13(20)21)7-12-15(22)14(16(18)26-12)17-19-4-5-25-17/h2-7,14,18H,8H2,1H3,(H,20,21)/b12-7-,18-16?/t14-/m1/s1. The van der Waals surface area contributed by atoms with Crippen molar-refractivity contribution in [1.29, 1.82) is 5.41 Å². The molecule has 1 fully saturated rings. The van der Waals surface area contributed by atoms with Gasteiger partial charge in [0.1, 0.15) is 10.9 Å². The van der Waals surface area contributed by atoms with Gasteiger partial charge in [0.15, 0.2) is 23.9 Å². The summed E-state index contributed by atoms with van der Waals surface area (Å²) in [5.41, 5.74) is 0.688. The molecule has 0 aliphatic carbocycles. The number of methoxy groups -OCH3 is 1. The lowest BCUT2D eigenvalue weighted by molar-refractivity contribution is -0.139. The van der Waals surface area contributed by atoms with Gasteiger partial charge < -0.3 is 14.6 Å². The third kappa shape index (κ3) is 3.78. The van der Waals surface area contributed by atoms with Gasteiger partial charge in [-0.15, -0.1) is 11.3 Å². The highest BCUT2D eigenvalue weighted by Gasteiger charge is 2.38. The van der Waals surface area contributed by atoms with Crippen LogP contribution in [0.3, 0.4) is 0 Å². The normalized spacial score (nSPS) is 18.3. The van der Waals surface area contributed by atoms with Gasteiger partial charge in [-0.1, -0.05) is 17.8 Å². The molecule has 7 nitrogen and oxygen atoms in total. The number of benzene rings is 1. The molecule has 1 saturated heterocycles. The zero-order valence-corrected chi connectivity index (χ0v) is 15.2. The van der Waals surface area contributed by atoms with Crippen molar-refractivity contribution in [3.8, 4) is 11.5 Å². The molecule has 1 aliphatic heterocycles. The maximum Gasteiger partial charge on any atom is 0.341 e. The van der Waals surface area contributed by atoms with E-state index in [1.54, 1.807) is 35.9 Å². The van der Waals surface area contributed by atoms with Crippen molar-refractivity contribution in [1.82, 2.24) is 4.98 Å². The van der Waals surface area contributed by atoms with E-state index >= 15 is 0 Å². The summed E-state index contributed by atoms with van der Waals surface area (Å²) in [6, 6.07) is 4.93. The van der Waals surface area contributed by atoms with Gasteiger partial charge in [-0.3, -0.25) is 10.2 Å². The van der Waals surface area contributed by atoms with E-state index in [1.165, 1.54) is 18.4 Å². The molecule has 0 amide bonds. The van der Waals surface area contributed by atoms with Crippen LogP contribution < -0.4 is 9.47 Å². The first-order valence-electron chi connectivity index (χ1n) is 7.44. The maximum absolute atomic E-state index is 12.6. The Morgan fingerprint density at radius 3 is 2.88 bits per heavy atom. The Morgan fingerprint density at radius 1 is 1.42 bits per heavy atom. The Hall–Kier alpha value is -2.65. The molecular formula is C17H14N2O5S2. The number of hydrogen-bond donors (Lipinski definition) is 2. The predicted molar refractivity (Wildman–Crippen MR) is 99.3 cm³/mol. The number of allylic oxidation sites excluding steroid dienone is 1. The average molecular weight is 390 g/mol. The number of carboxylic acids is 1. The third-order valence-corrected chi connectivity index (χ3v) is 5.36. The quantitative estimate of drug-likeness (QED) is 0.730. The second-order valence-electron chi connectivity index (χ2n) is 5.24. The summed E-state index contributed by atoms with van der Waals surface area (Å²) in [6.07, 6.45) is 3.30. The topological polar surface area (TPSA) is 110 Å². The molecule has 2 aromatic rings. The highest BCUT2D eigenvalue weighted by Crippen LogP contribution is 2.41. The van der Waals surface area contributed by atoms with Crippen LogP contribution in [-0.4, -0.2) is 40.6 Å². The molecule has 3 rings (SSSR count). The number of ether oxygens (including phenoxy) is 2.